The van der Waals surface area contributed by atoms with Crippen LogP contribution in [0.15, 0.2) is 95.8 Å². The number of hydrogen-bond donors (Lipinski definition) is 2. The lowest BCUT2D eigenvalue weighted by atomic mass is 9.85. The van der Waals surface area contributed by atoms with Crippen molar-refractivity contribution in [1.82, 2.24) is 9.55 Å². The molecule has 4 aromatic carbocycles. The Bertz CT molecular complexity index is 2110. The van der Waals surface area contributed by atoms with Crippen LogP contribution in [0.25, 0.3) is 21.8 Å². The number of pyridine rings is 1. The number of fused-ring (bicyclic) bond motifs is 2. The van der Waals surface area contributed by atoms with Crippen LogP contribution in [0.5, 0.6) is 23.0 Å². The molecule has 6 rings (SSSR count). The minimum Gasteiger partial charge on any atom is -0.507 e. The number of H-pyrrole nitrogens is 1. The van der Waals surface area contributed by atoms with Crippen LogP contribution in [0.2, 0.25) is 0 Å². The highest BCUT2D eigenvalue weighted by Crippen LogP contribution is 2.41. The number of aromatic hydroxyl groups is 1. The van der Waals surface area contributed by atoms with Crippen LogP contribution in [0.4, 0.5) is 0 Å². The second-order valence-corrected chi connectivity index (χ2v) is 10.9. The summed E-state index contributed by atoms with van der Waals surface area (Å²) in [6.45, 7) is 0.0685. The fourth-order valence-corrected chi connectivity index (χ4v) is 6.07. The summed E-state index contributed by atoms with van der Waals surface area (Å²) in [5.41, 5.74) is 4.09. The van der Waals surface area contributed by atoms with Crippen LogP contribution in [0.1, 0.15) is 38.7 Å². The molecule has 0 saturated carbocycles. The van der Waals surface area contributed by atoms with Crippen molar-refractivity contribution in [3.63, 3.8) is 0 Å². The summed E-state index contributed by atoms with van der Waals surface area (Å²) in [5, 5.41) is 13.2. The summed E-state index contributed by atoms with van der Waals surface area (Å²) in [4.78, 5) is 30.7. The van der Waals surface area contributed by atoms with Crippen molar-refractivity contribution in [2.24, 2.45) is 7.05 Å². The van der Waals surface area contributed by atoms with Gasteiger partial charge in [0.25, 0.3) is 5.56 Å². The fraction of sp³-hybridized carbons (Fsp3) is 0.189. The average molecular weight is 619 g/mol. The molecule has 1 atom stereocenters. The number of nitrogens with zero attached hydrogens (tertiary/aromatic N) is 1. The van der Waals surface area contributed by atoms with Gasteiger partial charge in [0, 0.05) is 35.5 Å². The average Bonchev–Trinajstić information content (AvgIpc) is 3.46. The van der Waals surface area contributed by atoms with E-state index in [1.807, 2.05) is 66.7 Å². The Kier molecular flexibility index (Phi) is 8.39. The molecule has 0 fully saturated rings. The molecule has 0 amide bonds. The Hall–Kier alpha value is -5.70. The lowest BCUT2D eigenvalue weighted by Crippen LogP contribution is -2.25. The van der Waals surface area contributed by atoms with E-state index in [-0.39, 0.29) is 23.5 Å². The monoisotopic (exact) mass is 618 g/mol. The Balaban J connectivity index is 1.46. The number of ether oxygens (including phenoxy) is 4. The summed E-state index contributed by atoms with van der Waals surface area (Å²) in [7, 11) is 6.33. The van der Waals surface area contributed by atoms with Gasteiger partial charge in [-0.3, -0.25) is 4.79 Å². The number of aromatic amines is 1. The Labute approximate surface area is 265 Å². The van der Waals surface area contributed by atoms with Gasteiger partial charge in [0.05, 0.1) is 50.5 Å². The number of carbonyl (C=O) groups is 1. The molecule has 46 heavy (non-hydrogen) atoms. The van der Waals surface area contributed by atoms with Crippen molar-refractivity contribution >= 4 is 27.8 Å². The third-order valence-electron chi connectivity index (χ3n) is 8.39. The highest BCUT2D eigenvalue weighted by molar-refractivity contribution is 5.91. The lowest BCUT2D eigenvalue weighted by Gasteiger charge is -2.22. The standard InChI is InChI=1S/C37H34N2O7/c1-39-29-12-8-6-10-27(29)35(40)33(36(39)41)32(22-13-16-24(43-2)17-14-22)34-26(25-9-5-7-11-28(25)38-34)19-20-46-37(42)23-15-18-30(44-3)31(21-23)45-4/h5-18,21,32,38,40H,19-20H2,1-4H3. The summed E-state index contributed by atoms with van der Waals surface area (Å²) >= 11 is 0. The summed E-state index contributed by atoms with van der Waals surface area (Å²) in [6.07, 6.45) is 0.347. The van der Waals surface area contributed by atoms with E-state index >= 15 is 0 Å². The molecule has 9 nitrogen and oxygen atoms in total. The summed E-state index contributed by atoms with van der Waals surface area (Å²) < 4.78 is 23.3. The second kappa shape index (κ2) is 12.7. The van der Waals surface area contributed by atoms with E-state index in [2.05, 4.69) is 4.98 Å². The van der Waals surface area contributed by atoms with Gasteiger partial charge in [-0.2, -0.15) is 0 Å². The zero-order valence-electron chi connectivity index (χ0n) is 26.0. The smallest absolute Gasteiger partial charge is 0.338 e. The maximum atomic E-state index is 14.1. The fourth-order valence-electron chi connectivity index (χ4n) is 6.07. The molecule has 0 spiro atoms. The zero-order valence-corrected chi connectivity index (χ0v) is 26.0. The normalized spacial score (nSPS) is 11.8. The number of benzene rings is 4. The molecule has 2 N–H and O–H groups in total. The molecule has 0 aliphatic heterocycles. The minimum absolute atomic E-state index is 0.0685. The van der Waals surface area contributed by atoms with Crippen molar-refractivity contribution in [1.29, 1.82) is 0 Å². The van der Waals surface area contributed by atoms with Crippen molar-refractivity contribution < 1.29 is 28.8 Å². The Morgan fingerprint density at radius 2 is 1.54 bits per heavy atom. The molecule has 234 valence electrons. The molecule has 0 aliphatic carbocycles. The molecular formula is C37H34N2O7. The van der Waals surface area contributed by atoms with Gasteiger partial charge in [-0.1, -0.05) is 42.5 Å². The molecule has 0 bridgehead atoms. The minimum atomic E-state index is -0.682. The molecule has 0 aliphatic rings. The highest BCUT2D eigenvalue weighted by atomic mass is 16.5. The van der Waals surface area contributed by atoms with E-state index in [9.17, 15) is 14.7 Å². The Morgan fingerprint density at radius 3 is 2.26 bits per heavy atom. The van der Waals surface area contributed by atoms with Gasteiger partial charge < -0.3 is 33.6 Å². The molecule has 2 aromatic heterocycles. The lowest BCUT2D eigenvalue weighted by molar-refractivity contribution is 0.0509. The van der Waals surface area contributed by atoms with Gasteiger partial charge in [-0.05, 0) is 59.7 Å². The van der Waals surface area contributed by atoms with Gasteiger partial charge in [0.2, 0.25) is 0 Å². The van der Waals surface area contributed by atoms with E-state index in [1.54, 1.807) is 43.0 Å². The maximum Gasteiger partial charge on any atom is 0.338 e. The van der Waals surface area contributed by atoms with Crippen LogP contribution >= 0.6 is 0 Å². The van der Waals surface area contributed by atoms with Crippen LogP contribution in [0.3, 0.4) is 0 Å². The van der Waals surface area contributed by atoms with Crippen molar-refractivity contribution in [3.8, 4) is 23.0 Å². The predicted molar refractivity (Wildman–Crippen MR) is 177 cm³/mol. The number of aryl methyl sites for hydroxylation is 1. The first-order chi connectivity index (χ1) is 22.4. The first kappa shape index (κ1) is 30.3. The highest BCUT2D eigenvalue weighted by Gasteiger charge is 2.30. The molecule has 9 heteroatoms. The number of para-hydroxylation sites is 2. The van der Waals surface area contributed by atoms with E-state index < -0.39 is 11.9 Å². The second-order valence-electron chi connectivity index (χ2n) is 10.9. The summed E-state index contributed by atoms with van der Waals surface area (Å²) in [5.74, 6) is 0.333. The predicted octanol–water partition coefficient (Wildman–Crippen LogP) is 6.33. The van der Waals surface area contributed by atoms with Crippen LogP contribution < -0.4 is 19.8 Å². The molecule has 2 heterocycles. The number of carbonyl (C=O) groups excluding carboxylic acids is 1. The maximum absolute atomic E-state index is 14.1. The number of aromatic nitrogens is 2. The molecule has 0 saturated heterocycles. The third kappa shape index (κ3) is 5.40. The van der Waals surface area contributed by atoms with Gasteiger partial charge in [-0.15, -0.1) is 0 Å². The van der Waals surface area contributed by atoms with Gasteiger partial charge in [0.1, 0.15) is 11.5 Å². The van der Waals surface area contributed by atoms with E-state index in [1.165, 1.54) is 14.2 Å². The van der Waals surface area contributed by atoms with Crippen molar-refractivity contribution in [2.75, 3.05) is 27.9 Å². The quantitative estimate of drug-likeness (QED) is 0.173. The SMILES string of the molecule is COc1ccc(C(c2[nH]c3ccccc3c2CCOC(=O)c2ccc(OC)c(OC)c2)c2c(O)c3ccccc3n(C)c2=O)cc1. The number of esters is 1. The molecular weight excluding hydrogens is 584 g/mol. The van der Waals surface area contributed by atoms with Crippen molar-refractivity contribution in [2.45, 2.75) is 12.3 Å². The molecule has 1 unspecified atom stereocenters. The van der Waals surface area contributed by atoms with E-state index in [0.29, 0.717) is 40.1 Å². The van der Waals surface area contributed by atoms with Crippen LogP contribution in [-0.4, -0.2) is 48.6 Å². The van der Waals surface area contributed by atoms with Crippen molar-refractivity contribution in [3.05, 3.63) is 129 Å². The van der Waals surface area contributed by atoms with E-state index in [4.69, 9.17) is 18.9 Å². The number of methoxy groups -OCH3 is 3. The van der Waals surface area contributed by atoms with Gasteiger partial charge in [-0.25, -0.2) is 4.79 Å². The number of hydrogen-bond acceptors (Lipinski definition) is 7. The van der Waals surface area contributed by atoms with Gasteiger partial charge in [0.15, 0.2) is 11.5 Å². The number of nitrogens with one attached hydrogen (secondary N) is 1. The number of rotatable bonds is 10. The van der Waals surface area contributed by atoms with Crippen LogP contribution in [0, 0.1) is 0 Å². The third-order valence-corrected chi connectivity index (χ3v) is 8.39. The van der Waals surface area contributed by atoms with Gasteiger partial charge >= 0.3 is 5.97 Å². The molecule has 0 radical (unpaired) electrons. The Morgan fingerprint density at radius 1 is 0.848 bits per heavy atom. The first-order valence-electron chi connectivity index (χ1n) is 14.8. The van der Waals surface area contributed by atoms with Crippen LogP contribution in [-0.2, 0) is 18.2 Å². The zero-order chi connectivity index (χ0) is 32.4. The van der Waals surface area contributed by atoms with E-state index in [0.717, 1.165) is 27.7 Å². The largest absolute Gasteiger partial charge is 0.507 e. The topological polar surface area (TPSA) is 112 Å². The molecule has 6 aromatic rings. The first-order valence-corrected chi connectivity index (χ1v) is 14.8. The summed E-state index contributed by atoms with van der Waals surface area (Å²) in [6, 6.07) is 27.4.